The van der Waals surface area contributed by atoms with Crippen LogP contribution in [0.4, 0.5) is 11.8 Å². The summed E-state index contributed by atoms with van der Waals surface area (Å²) in [5, 5.41) is 4.41. The van der Waals surface area contributed by atoms with Crippen LogP contribution in [0.1, 0.15) is 12.6 Å². The second kappa shape index (κ2) is 7.88. The number of fused-ring (bicyclic) bond motifs is 1. The Bertz CT molecular complexity index is 974. The Balaban J connectivity index is 1.39. The molecule has 1 aromatic carbocycles. The van der Waals surface area contributed by atoms with Crippen molar-refractivity contribution in [2.24, 2.45) is 0 Å². The summed E-state index contributed by atoms with van der Waals surface area (Å²) in [4.78, 5) is 26.1. The van der Waals surface area contributed by atoms with E-state index in [-0.39, 0.29) is 5.91 Å². The van der Waals surface area contributed by atoms with E-state index in [1.165, 1.54) is 0 Å². The summed E-state index contributed by atoms with van der Waals surface area (Å²) >= 11 is 0. The quantitative estimate of drug-likeness (QED) is 0.739. The number of hydrogen-bond donors (Lipinski definition) is 1. The van der Waals surface area contributed by atoms with E-state index in [2.05, 4.69) is 45.3 Å². The number of rotatable bonds is 5. The van der Waals surface area contributed by atoms with E-state index in [9.17, 15) is 4.79 Å². The van der Waals surface area contributed by atoms with Gasteiger partial charge in [-0.25, -0.2) is 4.98 Å². The highest BCUT2D eigenvalue weighted by Gasteiger charge is 2.23. The van der Waals surface area contributed by atoms with E-state index in [0.29, 0.717) is 19.6 Å². The monoisotopic (exact) mass is 378 g/mol. The maximum Gasteiger partial charge on any atom is 0.242 e. The smallest absolute Gasteiger partial charge is 0.242 e. The van der Waals surface area contributed by atoms with Crippen LogP contribution in [0.15, 0.2) is 42.6 Å². The third-order valence-electron chi connectivity index (χ3n) is 5.10. The minimum atomic E-state index is 0.152. The van der Waals surface area contributed by atoms with Gasteiger partial charge in [-0.15, -0.1) is 0 Å². The minimum Gasteiger partial charge on any atom is -0.370 e. The predicted molar refractivity (Wildman–Crippen MR) is 112 cm³/mol. The van der Waals surface area contributed by atoms with Crippen molar-refractivity contribution in [3.63, 3.8) is 0 Å². The number of nitrogens with zero attached hydrogens (tertiary/aromatic N) is 5. The largest absolute Gasteiger partial charge is 0.370 e. The van der Waals surface area contributed by atoms with E-state index in [4.69, 9.17) is 0 Å². The molecule has 0 bridgehead atoms. The van der Waals surface area contributed by atoms with Crippen LogP contribution in [0.3, 0.4) is 0 Å². The first-order valence-electron chi connectivity index (χ1n) is 9.80. The third kappa shape index (κ3) is 3.78. The van der Waals surface area contributed by atoms with Gasteiger partial charge in [0, 0.05) is 56.2 Å². The van der Waals surface area contributed by atoms with Crippen LogP contribution in [0.2, 0.25) is 0 Å². The van der Waals surface area contributed by atoms with Crippen molar-refractivity contribution >= 4 is 28.6 Å². The number of aromatic nitrogens is 3. The fourth-order valence-electron chi connectivity index (χ4n) is 3.65. The summed E-state index contributed by atoms with van der Waals surface area (Å²) in [6.07, 6.45) is 1.99. The zero-order chi connectivity index (χ0) is 19.5. The number of anilines is 2. The molecule has 1 aliphatic rings. The summed E-state index contributed by atoms with van der Waals surface area (Å²) < 4.78 is 2.02. The molecule has 146 valence electrons. The second-order valence-corrected chi connectivity index (χ2v) is 7.10. The fourth-order valence-corrected chi connectivity index (χ4v) is 3.65. The summed E-state index contributed by atoms with van der Waals surface area (Å²) in [6.45, 7) is 8.09. The molecule has 2 aromatic heterocycles. The Hall–Kier alpha value is -3.09. The summed E-state index contributed by atoms with van der Waals surface area (Å²) in [7, 11) is 0. The van der Waals surface area contributed by atoms with Crippen LogP contribution in [-0.2, 0) is 11.3 Å². The molecule has 0 atom stereocenters. The van der Waals surface area contributed by atoms with E-state index < -0.39 is 0 Å². The summed E-state index contributed by atoms with van der Waals surface area (Å²) in [5.74, 6) is 1.74. The molecule has 28 heavy (non-hydrogen) atoms. The van der Waals surface area contributed by atoms with Gasteiger partial charge in [0.2, 0.25) is 11.9 Å². The van der Waals surface area contributed by atoms with Gasteiger partial charge >= 0.3 is 0 Å². The fraction of sp³-hybridized carbons (Fsp3) is 0.381. The molecule has 1 fully saturated rings. The maximum absolute atomic E-state index is 12.8. The van der Waals surface area contributed by atoms with Gasteiger partial charge in [0.1, 0.15) is 12.4 Å². The van der Waals surface area contributed by atoms with Gasteiger partial charge in [-0.2, -0.15) is 4.98 Å². The lowest BCUT2D eigenvalue weighted by Crippen LogP contribution is -2.50. The lowest BCUT2D eigenvalue weighted by atomic mass is 10.2. The zero-order valence-electron chi connectivity index (χ0n) is 16.4. The van der Waals surface area contributed by atoms with Gasteiger partial charge in [0.15, 0.2) is 0 Å². The second-order valence-electron chi connectivity index (χ2n) is 7.10. The van der Waals surface area contributed by atoms with E-state index >= 15 is 0 Å². The van der Waals surface area contributed by atoms with Crippen molar-refractivity contribution in [1.29, 1.82) is 0 Å². The van der Waals surface area contributed by atoms with Crippen LogP contribution in [0.25, 0.3) is 10.9 Å². The summed E-state index contributed by atoms with van der Waals surface area (Å²) in [5.41, 5.74) is 2.04. The number of amides is 1. The lowest BCUT2D eigenvalue weighted by molar-refractivity contribution is -0.132. The van der Waals surface area contributed by atoms with E-state index in [1.807, 2.05) is 40.8 Å². The Labute approximate surface area is 165 Å². The van der Waals surface area contributed by atoms with Gasteiger partial charge in [-0.1, -0.05) is 18.2 Å². The highest BCUT2D eigenvalue weighted by Crippen LogP contribution is 2.18. The molecular formula is C21H26N6O. The molecule has 0 unspecified atom stereocenters. The molecule has 3 aromatic rings. The van der Waals surface area contributed by atoms with Crippen molar-refractivity contribution in [2.75, 3.05) is 42.9 Å². The predicted octanol–water partition coefficient (Wildman–Crippen LogP) is 2.52. The number of benzene rings is 1. The topological polar surface area (TPSA) is 66.3 Å². The molecule has 1 saturated heterocycles. The van der Waals surface area contributed by atoms with Gasteiger partial charge < -0.3 is 19.7 Å². The minimum absolute atomic E-state index is 0.152. The number of hydrogen-bond acceptors (Lipinski definition) is 5. The highest BCUT2D eigenvalue weighted by atomic mass is 16.2. The maximum atomic E-state index is 12.8. The number of carbonyl (C=O) groups is 1. The van der Waals surface area contributed by atoms with Gasteiger partial charge in [-0.3, -0.25) is 4.79 Å². The van der Waals surface area contributed by atoms with Crippen LogP contribution in [0.5, 0.6) is 0 Å². The molecule has 0 radical (unpaired) electrons. The average molecular weight is 378 g/mol. The Morgan fingerprint density at radius 2 is 1.89 bits per heavy atom. The standard InChI is InChI=1S/C21H26N6O/c1-3-22-19-14-16(2)23-21(24-19)26-12-10-25(11-13-26)20(28)15-27-9-8-17-6-4-5-7-18(17)27/h4-9,14H,3,10-13,15H2,1-2H3,(H,22,23,24). The number of carbonyl (C=O) groups excluding carboxylic acids is 1. The Kier molecular flexibility index (Phi) is 5.14. The van der Waals surface area contributed by atoms with Crippen LogP contribution < -0.4 is 10.2 Å². The van der Waals surface area contributed by atoms with Crippen molar-refractivity contribution in [3.8, 4) is 0 Å². The molecule has 7 heteroatoms. The Morgan fingerprint density at radius 3 is 2.68 bits per heavy atom. The van der Waals surface area contributed by atoms with Gasteiger partial charge in [-0.05, 0) is 31.4 Å². The first kappa shape index (κ1) is 18.3. The van der Waals surface area contributed by atoms with E-state index in [0.717, 1.165) is 48.0 Å². The number of nitrogens with one attached hydrogen (secondary N) is 1. The number of aryl methyl sites for hydroxylation is 1. The Morgan fingerprint density at radius 1 is 1.11 bits per heavy atom. The number of piperazine rings is 1. The van der Waals surface area contributed by atoms with Gasteiger partial charge in [0.05, 0.1) is 0 Å². The number of para-hydroxylation sites is 1. The van der Waals surface area contributed by atoms with Crippen LogP contribution in [0, 0.1) is 6.92 Å². The third-order valence-corrected chi connectivity index (χ3v) is 5.10. The molecule has 0 spiro atoms. The zero-order valence-corrected chi connectivity index (χ0v) is 16.4. The van der Waals surface area contributed by atoms with E-state index in [1.54, 1.807) is 0 Å². The first-order chi connectivity index (χ1) is 13.6. The lowest BCUT2D eigenvalue weighted by Gasteiger charge is -2.35. The summed E-state index contributed by atoms with van der Waals surface area (Å²) in [6, 6.07) is 12.1. The molecule has 1 aliphatic heterocycles. The van der Waals surface area contributed by atoms with Gasteiger partial charge in [0.25, 0.3) is 0 Å². The molecule has 0 aliphatic carbocycles. The molecule has 7 nitrogen and oxygen atoms in total. The first-order valence-corrected chi connectivity index (χ1v) is 9.80. The average Bonchev–Trinajstić information content (AvgIpc) is 3.11. The molecule has 4 rings (SSSR count). The van der Waals surface area contributed by atoms with Crippen molar-refractivity contribution in [3.05, 3.63) is 48.3 Å². The molecule has 1 N–H and O–H groups in total. The van der Waals surface area contributed by atoms with Crippen molar-refractivity contribution < 1.29 is 4.79 Å². The van der Waals surface area contributed by atoms with Crippen LogP contribution >= 0.6 is 0 Å². The highest BCUT2D eigenvalue weighted by molar-refractivity contribution is 5.83. The SMILES string of the molecule is CCNc1cc(C)nc(N2CCN(C(=O)Cn3ccc4ccccc43)CC2)n1. The molecule has 1 amide bonds. The normalized spacial score (nSPS) is 14.5. The van der Waals surface area contributed by atoms with Crippen LogP contribution in [-0.4, -0.2) is 58.1 Å². The van der Waals surface area contributed by atoms with Crippen molar-refractivity contribution in [2.45, 2.75) is 20.4 Å². The molecular weight excluding hydrogens is 352 g/mol. The molecule has 0 saturated carbocycles. The van der Waals surface area contributed by atoms with Crippen molar-refractivity contribution in [1.82, 2.24) is 19.4 Å². The molecule has 3 heterocycles.